The van der Waals surface area contributed by atoms with Gasteiger partial charge in [-0.2, -0.15) is 13.2 Å². The Hall–Kier alpha value is -4.47. The number of Topliss-reactive ketones (excluding diaryl/α,β-unsaturated/α-hetero) is 1. The molecule has 1 aliphatic rings. The zero-order valence-corrected chi connectivity index (χ0v) is 19.0. The standard InChI is InChI=1S/C26H20F3NO6/c1-35-18-4-3-5-19(36-2)20(18)23(32)21-22(14-6-12-17(31)13-7-14)30(25(34)24(21)33)16-10-8-15(9-11-16)26(27,28)29/h3-13,22,31-32H,1-2H3/b23-21+. The molecule has 7 nitrogen and oxygen atoms in total. The first-order chi connectivity index (χ1) is 17.1. The summed E-state index contributed by atoms with van der Waals surface area (Å²) in [5.41, 5.74) is -0.899. The maximum Gasteiger partial charge on any atom is 0.416 e. The lowest BCUT2D eigenvalue weighted by Gasteiger charge is -2.26. The molecule has 0 radical (unpaired) electrons. The minimum atomic E-state index is -4.59. The van der Waals surface area contributed by atoms with Crippen molar-refractivity contribution in [2.24, 2.45) is 0 Å². The number of anilines is 1. The van der Waals surface area contributed by atoms with Crippen LogP contribution in [0.3, 0.4) is 0 Å². The van der Waals surface area contributed by atoms with Crippen LogP contribution in [0, 0.1) is 0 Å². The van der Waals surface area contributed by atoms with Gasteiger partial charge in [-0.25, -0.2) is 0 Å². The van der Waals surface area contributed by atoms with Crippen molar-refractivity contribution in [3.63, 3.8) is 0 Å². The molecule has 1 amide bonds. The van der Waals surface area contributed by atoms with Crippen LogP contribution < -0.4 is 14.4 Å². The second kappa shape index (κ2) is 9.29. The van der Waals surface area contributed by atoms with Gasteiger partial charge in [-0.15, -0.1) is 0 Å². The van der Waals surface area contributed by atoms with Crippen LogP contribution in [0.2, 0.25) is 0 Å². The van der Waals surface area contributed by atoms with Crippen LogP contribution in [-0.2, 0) is 15.8 Å². The maximum absolute atomic E-state index is 13.3. The third kappa shape index (κ3) is 4.21. The third-order valence-corrected chi connectivity index (χ3v) is 5.79. The van der Waals surface area contributed by atoms with Gasteiger partial charge < -0.3 is 19.7 Å². The number of aromatic hydroxyl groups is 1. The van der Waals surface area contributed by atoms with Crippen LogP contribution in [0.1, 0.15) is 22.7 Å². The lowest BCUT2D eigenvalue weighted by Crippen LogP contribution is -2.29. The molecule has 0 aromatic heterocycles. The number of methoxy groups -OCH3 is 2. The van der Waals surface area contributed by atoms with E-state index in [9.17, 15) is 33.0 Å². The van der Waals surface area contributed by atoms with Gasteiger partial charge in [0.05, 0.1) is 31.4 Å². The summed E-state index contributed by atoms with van der Waals surface area (Å²) in [6, 6.07) is 12.7. The van der Waals surface area contributed by atoms with Crippen molar-refractivity contribution in [1.82, 2.24) is 0 Å². The highest BCUT2D eigenvalue weighted by molar-refractivity contribution is 6.51. The number of halogens is 3. The van der Waals surface area contributed by atoms with E-state index in [0.29, 0.717) is 5.56 Å². The van der Waals surface area contributed by atoms with Gasteiger partial charge >= 0.3 is 6.18 Å². The van der Waals surface area contributed by atoms with Crippen LogP contribution >= 0.6 is 0 Å². The Kier molecular flexibility index (Phi) is 6.36. The molecular formula is C26H20F3NO6. The Morgan fingerprint density at radius 2 is 1.44 bits per heavy atom. The number of phenolic OH excluding ortho intramolecular Hbond substituents is 1. The van der Waals surface area contributed by atoms with Crippen molar-refractivity contribution >= 4 is 23.1 Å². The number of aliphatic hydroxyl groups excluding tert-OH is 1. The lowest BCUT2D eigenvalue weighted by molar-refractivity contribution is -0.137. The number of phenols is 1. The van der Waals surface area contributed by atoms with Crippen molar-refractivity contribution in [3.05, 3.63) is 89.0 Å². The molecule has 3 aromatic carbocycles. The maximum atomic E-state index is 13.3. The summed E-state index contributed by atoms with van der Waals surface area (Å²) < 4.78 is 49.9. The van der Waals surface area contributed by atoms with E-state index in [2.05, 4.69) is 0 Å². The van der Waals surface area contributed by atoms with E-state index in [-0.39, 0.29) is 34.1 Å². The third-order valence-electron chi connectivity index (χ3n) is 5.79. The molecule has 0 saturated carbocycles. The normalized spacial score (nSPS) is 17.4. The fourth-order valence-electron chi connectivity index (χ4n) is 4.10. The Balaban J connectivity index is 1.97. The molecule has 0 bridgehead atoms. The molecule has 36 heavy (non-hydrogen) atoms. The van der Waals surface area contributed by atoms with Crippen LogP contribution in [-0.4, -0.2) is 36.1 Å². The van der Waals surface area contributed by atoms with E-state index in [0.717, 1.165) is 29.2 Å². The molecule has 1 saturated heterocycles. The summed E-state index contributed by atoms with van der Waals surface area (Å²) in [7, 11) is 2.70. The molecule has 1 heterocycles. The van der Waals surface area contributed by atoms with Gasteiger partial charge in [-0.05, 0) is 54.1 Å². The first-order valence-corrected chi connectivity index (χ1v) is 10.6. The predicted octanol–water partition coefficient (Wildman–Crippen LogP) is 5.05. The lowest BCUT2D eigenvalue weighted by atomic mass is 9.94. The van der Waals surface area contributed by atoms with E-state index in [1.807, 2.05) is 0 Å². The Bertz CT molecular complexity index is 1330. The number of ether oxygens (including phenoxy) is 2. The summed E-state index contributed by atoms with van der Waals surface area (Å²) in [4.78, 5) is 27.5. The van der Waals surface area contributed by atoms with Gasteiger partial charge in [0.2, 0.25) is 0 Å². The number of aliphatic hydroxyl groups is 1. The molecule has 3 aromatic rings. The van der Waals surface area contributed by atoms with Crippen molar-refractivity contribution < 1.29 is 42.4 Å². The molecule has 186 valence electrons. The Labute approximate surface area is 203 Å². The van der Waals surface area contributed by atoms with Crippen molar-refractivity contribution in [1.29, 1.82) is 0 Å². The fraction of sp³-hybridized carbons (Fsp3) is 0.154. The molecule has 0 aliphatic carbocycles. The topological polar surface area (TPSA) is 96.3 Å². The summed E-state index contributed by atoms with van der Waals surface area (Å²) in [6.45, 7) is 0. The number of hydrogen-bond donors (Lipinski definition) is 2. The van der Waals surface area contributed by atoms with E-state index in [4.69, 9.17) is 9.47 Å². The van der Waals surface area contributed by atoms with Gasteiger partial charge in [0.25, 0.3) is 11.7 Å². The molecule has 0 spiro atoms. The molecule has 4 rings (SSSR count). The van der Waals surface area contributed by atoms with Crippen molar-refractivity contribution in [2.75, 3.05) is 19.1 Å². The Morgan fingerprint density at radius 1 is 0.889 bits per heavy atom. The van der Waals surface area contributed by atoms with Crippen LogP contribution in [0.5, 0.6) is 17.2 Å². The quantitative estimate of drug-likeness (QED) is 0.290. The number of alkyl halides is 3. The summed E-state index contributed by atoms with van der Waals surface area (Å²) in [6.07, 6.45) is -4.59. The average molecular weight is 499 g/mol. The largest absolute Gasteiger partial charge is 0.508 e. The molecule has 1 aliphatic heterocycles. The number of carbonyl (C=O) groups excluding carboxylic acids is 2. The van der Waals surface area contributed by atoms with E-state index >= 15 is 0 Å². The summed E-state index contributed by atoms with van der Waals surface area (Å²) >= 11 is 0. The number of carbonyl (C=O) groups is 2. The smallest absolute Gasteiger partial charge is 0.416 e. The second-order valence-electron chi connectivity index (χ2n) is 7.84. The highest BCUT2D eigenvalue weighted by atomic mass is 19.4. The first-order valence-electron chi connectivity index (χ1n) is 10.6. The number of amides is 1. The minimum absolute atomic E-state index is 0.00853. The monoisotopic (exact) mass is 499 g/mol. The van der Waals surface area contributed by atoms with Crippen LogP contribution in [0.4, 0.5) is 18.9 Å². The van der Waals surface area contributed by atoms with Gasteiger partial charge in [0.1, 0.15) is 28.6 Å². The van der Waals surface area contributed by atoms with Gasteiger partial charge in [-0.3, -0.25) is 14.5 Å². The molecule has 10 heteroatoms. The fourth-order valence-corrected chi connectivity index (χ4v) is 4.10. The van der Waals surface area contributed by atoms with Crippen LogP contribution in [0.15, 0.2) is 72.3 Å². The van der Waals surface area contributed by atoms with E-state index < -0.39 is 35.2 Å². The molecule has 1 atom stereocenters. The van der Waals surface area contributed by atoms with Gasteiger partial charge in [0.15, 0.2) is 0 Å². The SMILES string of the molecule is COc1cccc(OC)c1/C(O)=C1\C(=O)C(=O)N(c2ccc(C(F)(F)F)cc2)C1c1ccc(O)cc1. The number of ketones is 1. The summed E-state index contributed by atoms with van der Waals surface area (Å²) in [5, 5.41) is 21.1. The van der Waals surface area contributed by atoms with Crippen LogP contribution in [0.25, 0.3) is 5.76 Å². The first kappa shape index (κ1) is 24.6. The van der Waals surface area contributed by atoms with Crippen molar-refractivity contribution in [2.45, 2.75) is 12.2 Å². The molecule has 1 fully saturated rings. The predicted molar refractivity (Wildman–Crippen MR) is 124 cm³/mol. The van der Waals surface area contributed by atoms with Gasteiger partial charge in [-0.1, -0.05) is 18.2 Å². The zero-order chi connectivity index (χ0) is 26.2. The number of nitrogens with zero attached hydrogens (tertiary/aromatic N) is 1. The summed E-state index contributed by atoms with van der Waals surface area (Å²) in [5.74, 6) is -2.46. The Morgan fingerprint density at radius 3 is 1.94 bits per heavy atom. The average Bonchev–Trinajstić information content (AvgIpc) is 3.13. The number of benzene rings is 3. The van der Waals surface area contributed by atoms with Crippen molar-refractivity contribution in [3.8, 4) is 17.2 Å². The number of rotatable bonds is 5. The molecular weight excluding hydrogens is 479 g/mol. The molecule has 1 unspecified atom stereocenters. The highest BCUT2D eigenvalue weighted by Gasteiger charge is 2.47. The highest BCUT2D eigenvalue weighted by Crippen LogP contribution is 2.45. The minimum Gasteiger partial charge on any atom is -0.508 e. The van der Waals surface area contributed by atoms with E-state index in [1.165, 1.54) is 50.6 Å². The zero-order valence-electron chi connectivity index (χ0n) is 19.0. The van der Waals surface area contributed by atoms with Gasteiger partial charge in [0, 0.05) is 5.69 Å². The molecule has 2 N–H and O–H groups in total. The number of hydrogen-bond acceptors (Lipinski definition) is 6. The van der Waals surface area contributed by atoms with E-state index in [1.54, 1.807) is 6.07 Å². The second-order valence-corrected chi connectivity index (χ2v) is 7.84.